The first-order chi connectivity index (χ1) is 13.3. The number of benzene rings is 1. The van der Waals surface area contributed by atoms with Gasteiger partial charge in [0.15, 0.2) is 5.65 Å². The van der Waals surface area contributed by atoms with Gasteiger partial charge in [-0.25, -0.2) is 9.78 Å². The molecule has 1 aromatic carbocycles. The molecule has 0 radical (unpaired) electrons. The first-order valence-electron chi connectivity index (χ1n) is 9.06. The molecule has 0 saturated carbocycles. The maximum absolute atomic E-state index is 13.0. The van der Waals surface area contributed by atoms with Gasteiger partial charge < -0.3 is 5.32 Å². The number of H-pyrrole nitrogens is 1. The van der Waals surface area contributed by atoms with Crippen molar-refractivity contribution in [3.63, 3.8) is 0 Å². The lowest BCUT2D eigenvalue weighted by Gasteiger charge is -2.14. The molecule has 3 rings (SSSR count). The summed E-state index contributed by atoms with van der Waals surface area (Å²) in [5.74, 6) is -0.463. The Bertz CT molecular complexity index is 1160. The third kappa shape index (κ3) is 3.84. The van der Waals surface area contributed by atoms with Gasteiger partial charge in [-0.15, -0.1) is 0 Å². The van der Waals surface area contributed by atoms with E-state index in [0.29, 0.717) is 29.4 Å². The number of hydrogen-bond donors (Lipinski definition) is 2. The second-order valence-electron chi connectivity index (χ2n) is 6.82. The van der Waals surface area contributed by atoms with Crippen molar-refractivity contribution in [1.29, 1.82) is 0 Å². The average Bonchev–Trinajstić information content (AvgIpc) is 2.64. The molecule has 2 aromatic heterocycles. The van der Waals surface area contributed by atoms with Gasteiger partial charge >= 0.3 is 5.69 Å². The van der Waals surface area contributed by atoms with E-state index in [1.165, 1.54) is 4.57 Å². The zero-order valence-electron chi connectivity index (χ0n) is 15.9. The van der Waals surface area contributed by atoms with Crippen LogP contribution in [0, 0.1) is 0 Å². The van der Waals surface area contributed by atoms with Crippen LogP contribution in [-0.2, 0) is 6.54 Å². The summed E-state index contributed by atoms with van der Waals surface area (Å²) in [5.41, 5.74) is 0.351. The van der Waals surface area contributed by atoms with Crippen LogP contribution in [0.4, 0.5) is 5.69 Å². The van der Waals surface area contributed by atoms with Gasteiger partial charge in [0, 0.05) is 22.9 Å². The molecule has 0 spiro atoms. The van der Waals surface area contributed by atoms with Crippen LogP contribution in [0.2, 0.25) is 5.02 Å². The molecule has 0 saturated heterocycles. The Labute approximate surface area is 166 Å². The molecule has 0 fully saturated rings. The van der Waals surface area contributed by atoms with Gasteiger partial charge in [0.05, 0.1) is 10.9 Å². The molecular weight excluding hydrogens is 380 g/mol. The number of fused-ring (bicyclic) bond motifs is 1. The zero-order valence-corrected chi connectivity index (χ0v) is 16.6. The van der Waals surface area contributed by atoms with Gasteiger partial charge in [0.2, 0.25) is 0 Å². The van der Waals surface area contributed by atoms with Gasteiger partial charge in [-0.1, -0.05) is 38.4 Å². The van der Waals surface area contributed by atoms with Crippen molar-refractivity contribution in [2.45, 2.75) is 39.7 Å². The predicted octanol–water partition coefficient (Wildman–Crippen LogP) is 3.52. The summed E-state index contributed by atoms with van der Waals surface area (Å²) >= 11 is 5.98. The Balaban J connectivity index is 2.25. The number of nitrogens with zero attached hydrogens (tertiary/aromatic N) is 2. The smallest absolute Gasteiger partial charge is 0.322 e. The normalized spacial score (nSPS) is 11.2. The van der Waals surface area contributed by atoms with Gasteiger partial charge in [-0.2, -0.15) is 0 Å². The number of aromatic amines is 1. The highest BCUT2D eigenvalue weighted by Crippen LogP contribution is 2.22. The molecule has 7 nitrogen and oxygen atoms in total. The summed E-state index contributed by atoms with van der Waals surface area (Å²) < 4.78 is 1.40. The maximum atomic E-state index is 13.0. The van der Waals surface area contributed by atoms with Crippen LogP contribution in [0.1, 0.15) is 49.2 Å². The standard InChI is InChI=1S/C20H21ClN4O3/c1-4-8-25-17-16(19(27)24-20(25)28)14(10-15(23-17)11(2)3)18(26)22-13-7-5-6-12(21)9-13/h5-7,9-11H,4,8H2,1-3H3,(H,22,26)(H,24,27,28). The lowest BCUT2D eigenvalue weighted by molar-refractivity contribution is 0.102. The predicted molar refractivity (Wildman–Crippen MR) is 110 cm³/mol. The van der Waals surface area contributed by atoms with Crippen LogP contribution in [-0.4, -0.2) is 20.4 Å². The highest BCUT2D eigenvalue weighted by Gasteiger charge is 2.20. The molecule has 0 bridgehead atoms. The summed E-state index contributed by atoms with van der Waals surface area (Å²) in [6.07, 6.45) is 0.679. The number of aryl methyl sites for hydroxylation is 1. The van der Waals surface area contributed by atoms with E-state index < -0.39 is 17.2 Å². The summed E-state index contributed by atoms with van der Waals surface area (Å²) in [5, 5.41) is 3.34. The van der Waals surface area contributed by atoms with Crippen LogP contribution in [0.3, 0.4) is 0 Å². The topological polar surface area (TPSA) is 96.9 Å². The van der Waals surface area contributed by atoms with Crippen molar-refractivity contribution in [1.82, 2.24) is 14.5 Å². The Morgan fingerprint density at radius 3 is 2.68 bits per heavy atom. The number of anilines is 1. The molecule has 1 amide bonds. The summed E-state index contributed by atoms with van der Waals surface area (Å²) in [7, 11) is 0. The van der Waals surface area contributed by atoms with Crippen LogP contribution < -0.4 is 16.6 Å². The average molecular weight is 401 g/mol. The van der Waals surface area contributed by atoms with Gasteiger partial charge in [0.1, 0.15) is 0 Å². The molecule has 8 heteroatoms. The van der Waals surface area contributed by atoms with Crippen molar-refractivity contribution in [2.75, 3.05) is 5.32 Å². The minimum absolute atomic E-state index is 0.00610. The maximum Gasteiger partial charge on any atom is 0.329 e. The number of amides is 1. The molecule has 3 aromatic rings. The number of carbonyl (C=O) groups is 1. The Morgan fingerprint density at radius 1 is 1.29 bits per heavy atom. The quantitative estimate of drug-likeness (QED) is 0.684. The fourth-order valence-corrected chi connectivity index (χ4v) is 3.15. The van der Waals surface area contributed by atoms with Crippen molar-refractivity contribution >= 4 is 34.2 Å². The van der Waals surface area contributed by atoms with Crippen molar-refractivity contribution in [3.05, 3.63) is 67.4 Å². The molecule has 146 valence electrons. The van der Waals surface area contributed by atoms with Crippen LogP contribution >= 0.6 is 11.6 Å². The lowest BCUT2D eigenvalue weighted by Crippen LogP contribution is -2.32. The Morgan fingerprint density at radius 2 is 2.04 bits per heavy atom. The molecule has 2 N–H and O–H groups in total. The van der Waals surface area contributed by atoms with Crippen LogP contribution in [0.25, 0.3) is 11.0 Å². The molecule has 0 atom stereocenters. The molecular formula is C20H21ClN4O3. The SMILES string of the molecule is CCCn1c(=O)[nH]c(=O)c2c(C(=O)Nc3cccc(Cl)c3)cc(C(C)C)nc21. The number of hydrogen-bond acceptors (Lipinski definition) is 4. The van der Waals surface area contributed by atoms with Crippen molar-refractivity contribution in [3.8, 4) is 0 Å². The van der Waals surface area contributed by atoms with Crippen LogP contribution in [0.15, 0.2) is 39.9 Å². The third-order valence-corrected chi connectivity index (χ3v) is 4.57. The molecule has 28 heavy (non-hydrogen) atoms. The van der Waals surface area contributed by atoms with E-state index in [1.807, 2.05) is 20.8 Å². The lowest BCUT2D eigenvalue weighted by atomic mass is 10.0. The number of nitrogens with one attached hydrogen (secondary N) is 2. The number of aromatic nitrogens is 3. The van der Waals surface area contributed by atoms with Gasteiger partial charge in [-0.3, -0.25) is 19.1 Å². The molecule has 2 heterocycles. The van der Waals surface area contributed by atoms with E-state index in [-0.39, 0.29) is 22.5 Å². The third-order valence-electron chi connectivity index (χ3n) is 4.33. The second kappa shape index (κ2) is 7.98. The fraction of sp³-hybridized carbons (Fsp3) is 0.300. The molecule has 0 aliphatic heterocycles. The first-order valence-corrected chi connectivity index (χ1v) is 9.44. The molecule has 0 aliphatic carbocycles. The first kappa shape index (κ1) is 19.8. The van der Waals surface area contributed by atoms with Crippen molar-refractivity contribution < 1.29 is 4.79 Å². The summed E-state index contributed by atoms with van der Waals surface area (Å²) in [4.78, 5) is 44.7. The number of halogens is 1. The van der Waals surface area contributed by atoms with E-state index in [4.69, 9.17) is 11.6 Å². The highest BCUT2D eigenvalue weighted by atomic mass is 35.5. The number of rotatable bonds is 5. The molecule has 0 unspecified atom stereocenters. The zero-order chi connectivity index (χ0) is 20.4. The Kier molecular flexibility index (Phi) is 5.65. The minimum Gasteiger partial charge on any atom is -0.322 e. The summed E-state index contributed by atoms with van der Waals surface area (Å²) in [6.45, 7) is 6.17. The van der Waals surface area contributed by atoms with Gasteiger partial charge in [-0.05, 0) is 36.6 Å². The monoisotopic (exact) mass is 400 g/mol. The molecule has 0 aliphatic rings. The number of pyridine rings is 1. The van der Waals surface area contributed by atoms with Crippen LogP contribution in [0.5, 0.6) is 0 Å². The Hall–Kier alpha value is -2.93. The van der Waals surface area contributed by atoms with E-state index in [1.54, 1.807) is 30.3 Å². The minimum atomic E-state index is -0.633. The van der Waals surface area contributed by atoms with E-state index >= 15 is 0 Å². The fourth-order valence-electron chi connectivity index (χ4n) is 2.96. The highest BCUT2D eigenvalue weighted by molar-refractivity contribution is 6.31. The number of carbonyl (C=O) groups excluding carboxylic acids is 1. The van der Waals surface area contributed by atoms with E-state index in [0.717, 1.165) is 0 Å². The largest absolute Gasteiger partial charge is 0.329 e. The van der Waals surface area contributed by atoms with Crippen molar-refractivity contribution in [2.24, 2.45) is 0 Å². The van der Waals surface area contributed by atoms with E-state index in [9.17, 15) is 14.4 Å². The van der Waals surface area contributed by atoms with E-state index in [2.05, 4.69) is 15.3 Å². The second-order valence-corrected chi connectivity index (χ2v) is 7.26. The summed E-state index contributed by atoms with van der Waals surface area (Å²) in [6, 6.07) is 8.33. The van der Waals surface area contributed by atoms with Gasteiger partial charge in [0.25, 0.3) is 11.5 Å².